The Hall–Kier alpha value is -3.16. The molecule has 0 saturated heterocycles. The van der Waals surface area contributed by atoms with Gasteiger partial charge in [0, 0.05) is 0 Å². The number of nitrogens with one attached hydrogen (secondary N) is 1. The molecule has 0 fully saturated rings. The van der Waals surface area contributed by atoms with Gasteiger partial charge >= 0.3 is 0 Å². The van der Waals surface area contributed by atoms with Gasteiger partial charge in [-0.15, -0.1) is 0 Å². The highest BCUT2D eigenvalue weighted by molar-refractivity contribution is 7.91. The van der Waals surface area contributed by atoms with Crippen molar-refractivity contribution in [2.45, 2.75) is 9.79 Å². The average Bonchev–Trinajstić information content (AvgIpc) is 2.57. The Balaban J connectivity index is 2.48. The lowest BCUT2D eigenvalue weighted by atomic mass is 10.3. The van der Waals surface area contributed by atoms with Gasteiger partial charge in [-0.05, 0) is 24.3 Å². The van der Waals surface area contributed by atoms with Gasteiger partial charge in [0.05, 0.1) is 15.5 Å². The molecule has 0 aliphatic carbocycles. The molecule has 108 valence electrons. The van der Waals surface area contributed by atoms with Gasteiger partial charge in [-0.1, -0.05) is 30.3 Å². The number of nitriles is 2. The SMILES string of the molecule is N#CC(C#N)=NNc1ccccc1S(=O)(=O)c1ccccc1. The van der Waals surface area contributed by atoms with Crippen LogP contribution in [0.25, 0.3) is 0 Å². The number of benzene rings is 2. The molecule has 22 heavy (non-hydrogen) atoms. The van der Waals surface area contributed by atoms with Crippen molar-refractivity contribution < 1.29 is 8.42 Å². The van der Waals surface area contributed by atoms with E-state index in [0.717, 1.165) is 0 Å². The third-order valence-corrected chi connectivity index (χ3v) is 4.56. The summed E-state index contributed by atoms with van der Waals surface area (Å²) in [6, 6.07) is 17.3. The minimum atomic E-state index is -3.73. The molecule has 0 unspecified atom stereocenters. The second-order valence-corrected chi connectivity index (χ2v) is 6.03. The predicted molar refractivity (Wildman–Crippen MR) is 80.6 cm³/mol. The van der Waals surface area contributed by atoms with Crippen LogP contribution in [0.15, 0.2) is 69.5 Å². The predicted octanol–water partition coefficient (Wildman–Crippen LogP) is 2.33. The Morgan fingerprint density at radius 1 is 0.955 bits per heavy atom. The van der Waals surface area contributed by atoms with Crippen LogP contribution in [-0.4, -0.2) is 14.1 Å². The Kier molecular flexibility index (Phi) is 4.52. The Bertz CT molecular complexity index is 875. The van der Waals surface area contributed by atoms with Crippen molar-refractivity contribution in [3.05, 3.63) is 54.6 Å². The normalized spacial score (nSPS) is 10.1. The first-order valence-corrected chi connectivity index (χ1v) is 7.61. The Morgan fingerprint density at radius 3 is 2.18 bits per heavy atom. The third kappa shape index (κ3) is 3.11. The first-order valence-electron chi connectivity index (χ1n) is 6.12. The molecule has 2 aromatic carbocycles. The van der Waals surface area contributed by atoms with E-state index in [1.54, 1.807) is 42.5 Å². The summed E-state index contributed by atoms with van der Waals surface area (Å²) in [4.78, 5) is 0.161. The van der Waals surface area contributed by atoms with E-state index in [0.29, 0.717) is 0 Å². The fourth-order valence-electron chi connectivity index (χ4n) is 1.71. The molecule has 1 N–H and O–H groups in total. The standard InChI is InChI=1S/C15H10N4O2S/c16-10-12(11-17)18-19-14-8-4-5-9-15(14)22(20,21)13-6-2-1-3-7-13/h1-9,19H. The van der Waals surface area contributed by atoms with Gasteiger partial charge < -0.3 is 0 Å². The van der Waals surface area contributed by atoms with Gasteiger partial charge in [0.25, 0.3) is 0 Å². The molecule has 2 aromatic rings. The molecule has 0 aliphatic heterocycles. The van der Waals surface area contributed by atoms with Crippen molar-refractivity contribution in [1.82, 2.24) is 0 Å². The lowest BCUT2D eigenvalue weighted by molar-refractivity contribution is 0.596. The summed E-state index contributed by atoms with van der Waals surface area (Å²) in [6.07, 6.45) is 0. The first-order chi connectivity index (χ1) is 10.6. The highest BCUT2D eigenvalue weighted by Crippen LogP contribution is 2.27. The van der Waals surface area contributed by atoms with Crippen LogP contribution in [0.2, 0.25) is 0 Å². The first kappa shape index (κ1) is 15.2. The summed E-state index contributed by atoms with van der Waals surface area (Å²) in [5.41, 5.74) is 2.25. The quantitative estimate of drug-likeness (QED) is 0.689. The second kappa shape index (κ2) is 6.53. The maximum Gasteiger partial charge on any atom is 0.237 e. The molecule has 0 spiro atoms. The van der Waals surface area contributed by atoms with Gasteiger partial charge in [0.1, 0.15) is 12.1 Å². The van der Waals surface area contributed by atoms with E-state index < -0.39 is 15.5 Å². The zero-order valence-corrected chi connectivity index (χ0v) is 12.1. The van der Waals surface area contributed by atoms with Crippen molar-refractivity contribution in [3.63, 3.8) is 0 Å². The molecule has 0 heterocycles. The van der Waals surface area contributed by atoms with Crippen molar-refractivity contribution in [2.24, 2.45) is 5.10 Å². The van der Waals surface area contributed by atoms with Crippen molar-refractivity contribution in [1.29, 1.82) is 10.5 Å². The summed E-state index contributed by atoms with van der Waals surface area (Å²) < 4.78 is 25.2. The number of hydrogen-bond donors (Lipinski definition) is 1. The van der Waals surface area contributed by atoms with E-state index in [4.69, 9.17) is 10.5 Å². The maximum atomic E-state index is 12.6. The summed E-state index contributed by atoms with van der Waals surface area (Å²) >= 11 is 0. The highest BCUT2D eigenvalue weighted by atomic mass is 32.2. The van der Waals surface area contributed by atoms with Crippen LogP contribution in [0.5, 0.6) is 0 Å². The molecule has 2 rings (SSSR count). The summed E-state index contributed by atoms with van der Waals surface area (Å²) in [5, 5.41) is 20.9. The molecule has 6 nitrogen and oxygen atoms in total. The fraction of sp³-hybridized carbons (Fsp3) is 0. The Morgan fingerprint density at radius 2 is 1.55 bits per heavy atom. The van der Waals surface area contributed by atoms with Crippen molar-refractivity contribution in [2.75, 3.05) is 5.43 Å². The van der Waals surface area contributed by atoms with Gasteiger partial charge in [-0.2, -0.15) is 15.6 Å². The number of anilines is 1. The summed E-state index contributed by atoms with van der Waals surface area (Å²) in [6.45, 7) is 0. The van der Waals surface area contributed by atoms with Crippen molar-refractivity contribution >= 4 is 21.2 Å². The monoisotopic (exact) mass is 310 g/mol. The van der Waals surface area contributed by atoms with Crippen LogP contribution in [-0.2, 0) is 9.84 Å². The zero-order chi connectivity index (χ0) is 16.0. The van der Waals surface area contributed by atoms with Crippen molar-refractivity contribution in [3.8, 4) is 12.1 Å². The molecule has 0 amide bonds. The van der Waals surface area contributed by atoms with Crippen LogP contribution < -0.4 is 5.43 Å². The molecule has 0 radical (unpaired) electrons. The van der Waals surface area contributed by atoms with Crippen LogP contribution in [0, 0.1) is 22.7 Å². The number of rotatable bonds is 4. The van der Waals surface area contributed by atoms with E-state index in [1.807, 2.05) is 0 Å². The molecule has 0 aromatic heterocycles. The summed E-state index contributed by atoms with van der Waals surface area (Å²) in [5.74, 6) is 0. The third-order valence-electron chi connectivity index (χ3n) is 2.73. The molecule has 0 bridgehead atoms. The number of hydrogen-bond acceptors (Lipinski definition) is 6. The van der Waals surface area contributed by atoms with E-state index >= 15 is 0 Å². The average molecular weight is 310 g/mol. The van der Waals surface area contributed by atoms with Crippen LogP contribution in [0.1, 0.15) is 0 Å². The van der Waals surface area contributed by atoms with E-state index in [2.05, 4.69) is 10.5 Å². The number of sulfone groups is 1. The van der Waals surface area contributed by atoms with Gasteiger partial charge in [-0.25, -0.2) is 8.42 Å². The number of nitrogens with zero attached hydrogens (tertiary/aromatic N) is 3. The second-order valence-electron chi connectivity index (χ2n) is 4.11. The van der Waals surface area contributed by atoms with Crippen LogP contribution in [0.4, 0.5) is 5.69 Å². The molecular formula is C15H10N4O2S. The largest absolute Gasteiger partial charge is 0.275 e. The van der Waals surface area contributed by atoms with Gasteiger partial charge in [-0.3, -0.25) is 5.43 Å². The molecular weight excluding hydrogens is 300 g/mol. The molecule has 0 aliphatic rings. The topological polar surface area (TPSA) is 106 Å². The van der Waals surface area contributed by atoms with Crippen LogP contribution in [0.3, 0.4) is 0 Å². The summed E-state index contributed by atoms with van der Waals surface area (Å²) in [7, 11) is -3.73. The van der Waals surface area contributed by atoms with Gasteiger partial charge in [0.15, 0.2) is 0 Å². The molecule has 0 atom stereocenters. The lowest BCUT2D eigenvalue weighted by Gasteiger charge is -2.09. The Labute approximate surface area is 127 Å². The number of para-hydroxylation sites is 1. The van der Waals surface area contributed by atoms with E-state index in [1.165, 1.54) is 24.3 Å². The van der Waals surface area contributed by atoms with E-state index in [9.17, 15) is 8.42 Å². The molecule has 7 heteroatoms. The minimum absolute atomic E-state index is 0.0141. The number of hydrazone groups is 1. The fourth-order valence-corrected chi connectivity index (χ4v) is 3.14. The lowest BCUT2D eigenvalue weighted by Crippen LogP contribution is -2.06. The molecule has 0 saturated carbocycles. The minimum Gasteiger partial charge on any atom is -0.275 e. The zero-order valence-electron chi connectivity index (χ0n) is 11.3. The van der Waals surface area contributed by atoms with Crippen LogP contribution >= 0.6 is 0 Å². The highest BCUT2D eigenvalue weighted by Gasteiger charge is 2.20. The maximum absolute atomic E-state index is 12.6. The van der Waals surface area contributed by atoms with Gasteiger partial charge in [0.2, 0.25) is 15.5 Å². The van der Waals surface area contributed by atoms with E-state index in [-0.39, 0.29) is 15.5 Å². The smallest absolute Gasteiger partial charge is 0.237 e.